The summed E-state index contributed by atoms with van der Waals surface area (Å²) in [5, 5.41) is 0. The van der Waals surface area contributed by atoms with Crippen LogP contribution in [0.5, 0.6) is 0 Å². The molecule has 5 rings (SSSR count). The molecule has 0 heterocycles. The molecule has 0 aliphatic carbocycles. The van der Waals surface area contributed by atoms with E-state index in [1.165, 1.54) is 160 Å². The smallest absolute Gasteiger partial charge is 0.200 e. The van der Waals surface area contributed by atoms with Crippen LogP contribution in [0.2, 0.25) is 0 Å². The van der Waals surface area contributed by atoms with Gasteiger partial charge in [-0.15, -0.1) is 21.9 Å². The Bertz CT molecular complexity index is 2440. The number of aryl methyl sites for hydroxylation is 1. The van der Waals surface area contributed by atoms with Crippen molar-refractivity contribution < 1.29 is 92.7 Å². The van der Waals surface area contributed by atoms with Crippen molar-refractivity contribution in [2.24, 2.45) is 0 Å². The maximum atomic E-state index is 15.4. The van der Waals surface area contributed by atoms with Gasteiger partial charge < -0.3 is 4.90 Å². The van der Waals surface area contributed by atoms with Gasteiger partial charge in [0, 0.05) is 5.56 Å². The summed E-state index contributed by atoms with van der Waals surface area (Å²) in [6, 6.07) is 9.11. The molecule has 0 aliphatic heterocycles. The number of halogens is 20. The Morgan fingerprint density at radius 2 is 0.456 bits per heavy atom. The fourth-order valence-electron chi connectivity index (χ4n) is 10.2. The van der Waals surface area contributed by atoms with Crippen LogP contribution in [0.1, 0.15) is 161 Å². The lowest BCUT2D eigenvalue weighted by molar-refractivity contribution is -0.833. The molecule has 5 aromatic rings. The summed E-state index contributed by atoms with van der Waals surface area (Å²) in [7, 11) is 0. The van der Waals surface area contributed by atoms with Crippen LogP contribution in [0.3, 0.4) is 0 Å². The lowest BCUT2D eigenvalue weighted by Crippen LogP contribution is -3.07. The average Bonchev–Trinajstić information content (AvgIpc) is 3.46. The highest BCUT2D eigenvalue weighted by Gasteiger charge is 2.52. The normalized spacial score (nSPS) is 12.1. The van der Waals surface area contributed by atoms with Crippen LogP contribution < -0.4 is 26.8 Å². The van der Waals surface area contributed by atoms with Gasteiger partial charge in [-0.3, -0.25) is 0 Å². The maximum absolute atomic E-state index is 15.4. The van der Waals surface area contributed by atoms with Gasteiger partial charge in [-0.1, -0.05) is 148 Å². The van der Waals surface area contributed by atoms with Gasteiger partial charge in [0.1, 0.15) is 58.4 Å². The van der Waals surface area contributed by atoms with Gasteiger partial charge in [0.2, 0.25) is 0 Å². The number of rotatable bonds is 29. The lowest BCUT2D eigenvalue weighted by atomic mass is 9.12. The minimum absolute atomic E-state index is 1.32. The molecule has 1 atom stereocenters. The van der Waals surface area contributed by atoms with Crippen LogP contribution in [0.15, 0.2) is 24.3 Å². The minimum atomic E-state index is -7.22. The van der Waals surface area contributed by atoms with Crippen molar-refractivity contribution >= 4 is 33.7 Å². The molecule has 1 N–H and O–H groups in total. The first-order chi connectivity index (χ1) is 37.5. The second-order valence-corrected chi connectivity index (χ2v) is 19.8. The van der Waals surface area contributed by atoms with Gasteiger partial charge in [0.25, 0.3) is 0 Å². The molecular formula is C57H62BF20N. The van der Waals surface area contributed by atoms with E-state index in [2.05, 4.69) is 45.0 Å². The SMILES string of the molecule is CCCCCCCCCCCCCCCC[NH+](CCCCCCCCCC)c1ccccc1C.Fc1c(F)c(F)c([B-](c2c(F)c(F)c(F)c(F)c2F)(c2c(F)c(F)c(F)c(F)c2F)c2c(F)c(F)c(F)c(F)c2F)c(F)c1F. The first kappa shape index (κ1) is 66.2. The fourth-order valence-corrected chi connectivity index (χ4v) is 10.2. The zero-order valence-corrected chi connectivity index (χ0v) is 43.9. The average molecular weight is 1150 g/mol. The topological polar surface area (TPSA) is 4.44 Å². The first-order valence-corrected chi connectivity index (χ1v) is 26.6. The van der Waals surface area contributed by atoms with E-state index in [4.69, 9.17) is 0 Å². The van der Waals surface area contributed by atoms with Crippen molar-refractivity contribution in [3.8, 4) is 0 Å². The van der Waals surface area contributed by atoms with Gasteiger partial charge >= 0.3 is 0 Å². The van der Waals surface area contributed by atoms with E-state index in [0.29, 0.717) is 0 Å². The molecule has 1 nitrogen and oxygen atoms in total. The third-order valence-corrected chi connectivity index (χ3v) is 14.4. The molecule has 0 bridgehead atoms. The van der Waals surface area contributed by atoms with Gasteiger partial charge in [-0.2, -0.15) is 0 Å². The van der Waals surface area contributed by atoms with Gasteiger partial charge in [-0.25, -0.2) is 87.8 Å². The van der Waals surface area contributed by atoms with E-state index in [9.17, 15) is 52.7 Å². The largest absolute Gasteiger partial charge is 0.302 e. The van der Waals surface area contributed by atoms with Crippen molar-refractivity contribution in [3.05, 3.63) is 146 Å². The van der Waals surface area contributed by atoms with E-state index in [-0.39, 0.29) is 0 Å². The lowest BCUT2D eigenvalue weighted by Gasteiger charge is -2.44. The Morgan fingerprint density at radius 1 is 0.266 bits per heavy atom. The predicted octanol–water partition coefficient (Wildman–Crippen LogP) is 16.0. The third-order valence-electron chi connectivity index (χ3n) is 14.4. The van der Waals surface area contributed by atoms with Crippen molar-refractivity contribution in [1.82, 2.24) is 0 Å². The van der Waals surface area contributed by atoms with E-state index in [1.807, 2.05) is 0 Å². The molecule has 0 fully saturated rings. The summed E-state index contributed by atoms with van der Waals surface area (Å²) >= 11 is 0. The Morgan fingerprint density at radius 3 is 0.671 bits per heavy atom. The predicted molar refractivity (Wildman–Crippen MR) is 264 cm³/mol. The molecular weight excluding hydrogens is 1090 g/mol. The fraction of sp³-hybridized carbons (Fsp3) is 0.474. The highest BCUT2D eigenvalue weighted by molar-refractivity contribution is 7.20. The number of hydrogen-bond acceptors (Lipinski definition) is 0. The number of para-hydroxylation sites is 1. The second kappa shape index (κ2) is 31.1. The van der Waals surface area contributed by atoms with Crippen LogP contribution in [-0.4, -0.2) is 19.2 Å². The van der Waals surface area contributed by atoms with Crippen LogP contribution in [0.25, 0.3) is 0 Å². The summed E-state index contributed by atoms with van der Waals surface area (Å²) in [6.07, 6.45) is 24.4. The van der Waals surface area contributed by atoms with Crippen LogP contribution in [0.4, 0.5) is 93.5 Å². The van der Waals surface area contributed by atoms with Gasteiger partial charge in [-0.05, 0) is 38.7 Å². The minimum Gasteiger partial charge on any atom is -0.302 e. The summed E-state index contributed by atoms with van der Waals surface area (Å²) in [6.45, 7) is 9.55. The Labute approximate surface area is 446 Å². The van der Waals surface area contributed by atoms with Crippen molar-refractivity contribution in [1.29, 1.82) is 0 Å². The monoisotopic (exact) mass is 1150 g/mol. The molecule has 5 aromatic carbocycles. The molecule has 0 aromatic heterocycles. The number of hydrogen-bond donors (Lipinski definition) is 1. The van der Waals surface area contributed by atoms with E-state index < -0.39 is 144 Å². The highest BCUT2D eigenvalue weighted by atomic mass is 19.2. The zero-order chi connectivity index (χ0) is 58.9. The molecule has 0 amide bonds. The van der Waals surface area contributed by atoms with Crippen molar-refractivity contribution in [2.75, 3.05) is 13.1 Å². The van der Waals surface area contributed by atoms with Gasteiger partial charge in [0.05, 0.1) is 13.1 Å². The quantitative estimate of drug-likeness (QED) is 0.0160. The molecule has 0 aliphatic rings. The molecule has 0 saturated carbocycles. The molecule has 79 heavy (non-hydrogen) atoms. The number of nitrogens with one attached hydrogen (secondary N) is 1. The maximum Gasteiger partial charge on any atom is 0.200 e. The van der Waals surface area contributed by atoms with E-state index in [1.54, 1.807) is 10.6 Å². The zero-order valence-electron chi connectivity index (χ0n) is 43.9. The Balaban J connectivity index is 0.000000355. The third kappa shape index (κ3) is 15.0. The van der Waals surface area contributed by atoms with Crippen molar-refractivity contribution in [2.45, 2.75) is 162 Å². The van der Waals surface area contributed by atoms with Crippen LogP contribution >= 0.6 is 0 Å². The standard InChI is InChI=1S/C33H61N.C24BF20/c1-4-6-8-10-12-14-15-16-17-18-19-21-23-27-31-34(33-29-25-24-28-32(33)3)30-26-22-20-13-11-9-7-5-2;26-5-1(6(27)14(35)21(42)13(5)34)25(2-7(28)15(36)22(43)16(37)8(2)29,3-9(30)17(38)23(44)18(39)10(3)31)4-11(32)19(40)24(45)20(41)12(4)33/h24-25,28-29H,4-23,26-27,30-31H2,1-3H3;/q;-1/p+1. The number of quaternary nitrogens is 1. The number of unbranched alkanes of at least 4 members (excludes halogenated alkanes) is 20. The van der Waals surface area contributed by atoms with Crippen molar-refractivity contribution in [3.63, 3.8) is 0 Å². The summed E-state index contributed by atoms with van der Waals surface area (Å²) < 4.78 is 294. The van der Waals surface area contributed by atoms with Crippen LogP contribution in [-0.2, 0) is 0 Å². The Kier molecular flexibility index (Phi) is 26.1. The van der Waals surface area contributed by atoms with E-state index >= 15 is 35.1 Å². The van der Waals surface area contributed by atoms with E-state index in [0.717, 1.165) is 0 Å². The van der Waals surface area contributed by atoms with Gasteiger partial charge in [0.15, 0.2) is 69.8 Å². The molecule has 22 heteroatoms. The summed E-state index contributed by atoms with van der Waals surface area (Å²) in [5.41, 5.74) is -11.3. The van der Waals surface area contributed by atoms with Crippen LogP contribution in [0, 0.1) is 123 Å². The molecule has 0 radical (unpaired) electrons. The summed E-state index contributed by atoms with van der Waals surface area (Å²) in [5.74, 6) is -71.4. The molecule has 438 valence electrons. The summed E-state index contributed by atoms with van der Waals surface area (Å²) in [4.78, 5) is 1.74. The molecule has 1 unspecified atom stereocenters. The second-order valence-electron chi connectivity index (χ2n) is 19.8. The molecule has 0 saturated heterocycles. The number of benzene rings is 5. The highest BCUT2D eigenvalue weighted by Crippen LogP contribution is 2.31. The Hall–Kier alpha value is -5.28. The first-order valence-electron chi connectivity index (χ1n) is 26.6. The molecule has 0 spiro atoms.